The van der Waals surface area contributed by atoms with Crippen LogP contribution in [0.5, 0.6) is 0 Å². The van der Waals surface area contributed by atoms with Gasteiger partial charge in [0, 0.05) is 12.8 Å². The van der Waals surface area contributed by atoms with Crippen molar-refractivity contribution in [2.24, 2.45) is 0 Å². The molecular formula is C20H28O6. The standard InChI is InChI=1S/C20H28O6/c1-3-5-12-22-17-16(25-19(21)18(17)23-13-6-4-2)15-14-24-20(26-15)10-8-7-9-11-20/h3-4,15-16H,1-2,5-14H2/t15-,16+/m0/s1. The summed E-state index contributed by atoms with van der Waals surface area (Å²) in [5.74, 6) is -0.508. The molecule has 0 amide bonds. The molecule has 2 fully saturated rings. The number of carbonyl (C=O) groups is 1. The lowest BCUT2D eigenvalue weighted by molar-refractivity contribution is -0.197. The monoisotopic (exact) mass is 364 g/mol. The summed E-state index contributed by atoms with van der Waals surface area (Å²) in [5.41, 5.74) is 0. The Hall–Kier alpha value is -1.79. The summed E-state index contributed by atoms with van der Waals surface area (Å²) >= 11 is 0. The summed E-state index contributed by atoms with van der Waals surface area (Å²) < 4.78 is 29.2. The fourth-order valence-electron chi connectivity index (χ4n) is 3.55. The minimum Gasteiger partial charge on any atom is -0.490 e. The van der Waals surface area contributed by atoms with Gasteiger partial charge in [0.1, 0.15) is 6.10 Å². The summed E-state index contributed by atoms with van der Waals surface area (Å²) in [6, 6.07) is 0. The lowest BCUT2D eigenvalue weighted by atomic mass is 9.94. The van der Waals surface area contributed by atoms with E-state index in [4.69, 9.17) is 23.7 Å². The molecule has 144 valence electrons. The first kappa shape index (κ1) is 19.0. The second-order valence-electron chi connectivity index (χ2n) is 6.81. The quantitative estimate of drug-likeness (QED) is 0.355. The summed E-state index contributed by atoms with van der Waals surface area (Å²) in [5, 5.41) is 0. The molecule has 0 bridgehead atoms. The van der Waals surface area contributed by atoms with Crippen LogP contribution in [0.3, 0.4) is 0 Å². The SMILES string of the molecule is C=CCCOC1=C(OCCC=C)[C@@H]([C@@H]2COC3(CCCCC3)O2)OC1=O. The first-order valence-corrected chi connectivity index (χ1v) is 9.43. The van der Waals surface area contributed by atoms with Gasteiger partial charge in [-0.3, -0.25) is 0 Å². The van der Waals surface area contributed by atoms with Crippen molar-refractivity contribution in [1.29, 1.82) is 0 Å². The van der Waals surface area contributed by atoms with Crippen molar-refractivity contribution in [1.82, 2.24) is 0 Å². The van der Waals surface area contributed by atoms with Crippen molar-refractivity contribution in [2.75, 3.05) is 19.8 Å². The molecule has 2 aliphatic heterocycles. The van der Waals surface area contributed by atoms with Crippen LogP contribution in [-0.4, -0.2) is 43.8 Å². The maximum atomic E-state index is 12.3. The van der Waals surface area contributed by atoms with E-state index in [0.29, 0.717) is 38.4 Å². The van der Waals surface area contributed by atoms with Gasteiger partial charge in [0.05, 0.1) is 19.8 Å². The molecule has 6 heteroatoms. The molecule has 1 spiro atoms. The van der Waals surface area contributed by atoms with Crippen LogP contribution < -0.4 is 0 Å². The van der Waals surface area contributed by atoms with E-state index in [0.717, 1.165) is 25.7 Å². The number of cyclic esters (lactones) is 1. The number of hydrogen-bond donors (Lipinski definition) is 0. The third-order valence-corrected chi connectivity index (χ3v) is 4.88. The molecule has 0 N–H and O–H groups in total. The van der Waals surface area contributed by atoms with Crippen molar-refractivity contribution in [3.8, 4) is 0 Å². The topological polar surface area (TPSA) is 63.2 Å². The Bertz CT molecular complexity index is 561. The zero-order chi connectivity index (χ0) is 18.4. The van der Waals surface area contributed by atoms with E-state index >= 15 is 0 Å². The Balaban J connectivity index is 1.72. The molecule has 0 aromatic carbocycles. The first-order chi connectivity index (χ1) is 12.7. The van der Waals surface area contributed by atoms with Gasteiger partial charge in [0.25, 0.3) is 0 Å². The van der Waals surface area contributed by atoms with Gasteiger partial charge < -0.3 is 23.7 Å². The van der Waals surface area contributed by atoms with E-state index < -0.39 is 17.9 Å². The Kier molecular flexibility index (Phi) is 6.38. The largest absolute Gasteiger partial charge is 0.490 e. The molecule has 0 aromatic heterocycles. The molecule has 0 aromatic rings. The fraction of sp³-hybridized carbons (Fsp3) is 0.650. The number of hydrogen-bond acceptors (Lipinski definition) is 6. The first-order valence-electron chi connectivity index (χ1n) is 9.43. The van der Waals surface area contributed by atoms with E-state index in [1.165, 1.54) is 6.42 Å². The smallest absolute Gasteiger partial charge is 0.378 e. The van der Waals surface area contributed by atoms with Gasteiger partial charge in [0.15, 0.2) is 17.7 Å². The Labute approximate surface area is 154 Å². The van der Waals surface area contributed by atoms with Gasteiger partial charge in [-0.15, -0.1) is 13.2 Å². The highest BCUT2D eigenvalue weighted by Crippen LogP contribution is 2.41. The molecule has 3 aliphatic rings. The van der Waals surface area contributed by atoms with Crippen LogP contribution in [0, 0.1) is 0 Å². The highest BCUT2D eigenvalue weighted by molar-refractivity contribution is 5.89. The van der Waals surface area contributed by atoms with Crippen LogP contribution in [0.25, 0.3) is 0 Å². The van der Waals surface area contributed by atoms with Crippen LogP contribution in [-0.2, 0) is 28.5 Å². The van der Waals surface area contributed by atoms with Gasteiger partial charge in [0.2, 0.25) is 5.76 Å². The van der Waals surface area contributed by atoms with Gasteiger partial charge in [-0.25, -0.2) is 4.79 Å². The second kappa shape index (κ2) is 8.73. The van der Waals surface area contributed by atoms with Crippen LogP contribution in [0.4, 0.5) is 0 Å². The number of esters is 1. The zero-order valence-electron chi connectivity index (χ0n) is 15.2. The fourth-order valence-corrected chi connectivity index (χ4v) is 3.55. The molecule has 26 heavy (non-hydrogen) atoms. The molecule has 1 saturated carbocycles. The molecule has 3 rings (SSSR count). The van der Waals surface area contributed by atoms with Crippen LogP contribution >= 0.6 is 0 Å². The summed E-state index contributed by atoms with van der Waals surface area (Å²) in [7, 11) is 0. The van der Waals surface area contributed by atoms with Crippen molar-refractivity contribution in [3.05, 3.63) is 36.8 Å². The van der Waals surface area contributed by atoms with Gasteiger partial charge in [-0.2, -0.15) is 0 Å². The molecule has 1 aliphatic carbocycles. The minimum absolute atomic E-state index is 0.133. The third kappa shape index (κ3) is 4.13. The van der Waals surface area contributed by atoms with Crippen molar-refractivity contribution >= 4 is 5.97 Å². The predicted octanol–water partition coefficient (Wildman–Crippen LogP) is 3.38. The van der Waals surface area contributed by atoms with Crippen molar-refractivity contribution in [2.45, 2.75) is 62.9 Å². The predicted molar refractivity (Wildman–Crippen MR) is 95.1 cm³/mol. The third-order valence-electron chi connectivity index (χ3n) is 4.88. The number of rotatable bonds is 9. The average molecular weight is 364 g/mol. The van der Waals surface area contributed by atoms with E-state index in [2.05, 4.69) is 13.2 Å². The minimum atomic E-state index is -0.632. The van der Waals surface area contributed by atoms with Gasteiger partial charge >= 0.3 is 5.97 Å². The highest BCUT2D eigenvalue weighted by Gasteiger charge is 2.51. The highest BCUT2D eigenvalue weighted by atomic mass is 16.8. The summed E-state index contributed by atoms with van der Waals surface area (Å²) in [6.07, 6.45) is 8.92. The Morgan fingerprint density at radius 3 is 2.46 bits per heavy atom. The zero-order valence-corrected chi connectivity index (χ0v) is 15.2. The van der Waals surface area contributed by atoms with E-state index in [-0.39, 0.29) is 11.9 Å². The Morgan fingerprint density at radius 2 is 1.77 bits per heavy atom. The van der Waals surface area contributed by atoms with Gasteiger partial charge in [-0.05, 0) is 25.7 Å². The van der Waals surface area contributed by atoms with Crippen LogP contribution in [0.15, 0.2) is 36.8 Å². The van der Waals surface area contributed by atoms with E-state index in [9.17, 15) is 4.79 Å². The number of carbonyl (C=O) groups excluding carboxylic acids is 1. The van der Waals surface area contributed by atoms with E-state index in [1.54, 1.807) is 12.2 Å². The molecular weight excluding hydrogens is 336 g/mol. The summed E-state index contributed by atoms with van der Waals surface area (Å²) in [6.45, 7) is 8.48. The maximum Gasteiger partial charge on any atom is 0.378 e. The molecule has 0 radical (unpaired) electrons. The second-order valence-corrected chi connectivity index (χ2v) is 6.81. The molecule has 2 heterocycles. The maximum absolute atomic E-state index is 12.3. The van der Waals surface area contributed by atoms with Gasteiger partial charge in [-0.1, -0.05) is 18.6 Å². The normalized spacial score (nSPS) is 27.5. The number of ether oxygens (including phenoxy) is 5. The van der Waals surface area contributed by atoms with Crippen LogP contribution in [0.1, 0.15) is 44.9 Å². The lowest BCUT2D eigenvalue weighted by Crippen LogP contribution is -2.37. The molecule has 2 atom stereocenters. The van der Waals surface area contributed by atoms with Crippen molar-refractivity contribution < 1.29 is 28.5 Å². The van der Waals surface area contributed by atoms with E-state index in [1.807, 2.05) is 0 Å². The van der Waals surface area contributed by atoms with Crippen LogP contribution in [0.2, 0.25) is 0 Å². The Morgan fingerprint density at radius 1 is 1.08 bits per heavy atom. The summed E-state index contributed by atoms with van der Waals surface area (Å²) in [4.78, 5) is 12.3. The van der Waals surface area contributed by atoms with Crippen molar-refractivity contribution in [3.63, 3.8) is 0 Å². The lowest BCUT2D eigenvalue weighted by Gasteiger charge is -2.32. The molecule has 0 unspecified atom stereocenters. The average Bonchev–Trinajstić information content (AvgIpc) is 3.18. The molecule has 6 nitrogen and oxygen atoms in total. The molecule has 1 saturated heterocycles.